The monoisotopic (exact) mass is 277 g/mol. The smallest absolute Gasteiger partial charge is 0.335 e. The SMILES string of the molecule is CCOC(=S)C(C(=O)O)N1C(=O)CC1SCC. The maximum absolute atomic E-state index is 11.5. The molecule has 1 aliphatic rings. The fraction of sp³-hybridized carbons (Fsp3) is 0.700. The van der Waals surface area contributed by atoms with Gasteiger partial charge in [0.1, 0.15) is 0 Å². The summed E-state index contributed by atoms with van der Waals surface area (Å²) in [5.41, 5.74) is 0. The number of ether oxygens (including phenoxy) is 1. The van der Waals surface area contributed by atoms with E-state index in [1.807, 2.05) is 6.92 Å². The first-order valence-corrected chi connectivity index (χ1v) is 6.80. The zero-order valence-electron chi connectivity index (χ0n) is 9.71. The second kappa shape index (κ2) is 6.20. The molecule has 96 valence electrons. The van der Waals surface area contributed by atoms with Gasteiger partial charge in [0, 0.05) is 0 Å². The van der Waals surface area contributed by atoms with Gasteiger partial charge in [-0.1, -0.05) is 6.92 Å². The number of thiocarbonyl (C=S) groups is 1. The van der Waals surface area contributed by atoms with Crippen LogP contribution in [-0.2, 0) is 14.3 Å². The Morgan fingerprint density at radius 3 is 2.76 bits per heavy atom. The number of carboxylic acids is 1. The van der Waals surface area contributed by atoms with E-state index in [0.717, 1.165) is 5.75 Å². The van der Waals surface area contributed by atoms with E-state index in [0.29, 0.717) is 13.0 Å². The molecule has 0 saturated carbocycles. The highest BCUT2D eigenvalue weighted by molar-refractivity contribution is 7.99. The molecule has 0 spiro atoms. The summed E-state index contributed by atoms with van der Waals surface area (Å²) in [6.45, 7) is 3.99. The summed E-state index contributed by atoms with van der Waals surface area (Å²) in [5.74, 6) is -0.508. The number of β-lactam (4-membered cyclic amide) rings is 1. The van der Waals surface area contributed by atoms with Crippen LogP contribution in [0.15, 0.2) is 0 Å². The molecular formula is C10H15NO4S2. The van der Waals surface area contributed by atoms with Crippen molar-refractivity contribution in [3.05, 3.63) is 0 Å². The summed E-state index contributed by atoms with van der Waals surface area (Å²) in [5, 5.41) is 8.99. The molecule has 5 nitrogen and oxygen atoms in total. The number of hydrogen-bond acceptors (Lipinski definition) is 5. The summed E-state index contributed by atoms with van der Waals surface area (Å²) in [7, 11) is 0. The average Bonchev–Trinajstić information content (AvgIpc) is 2.25. The second-order valence-electron chi connectivity index (χ2n) is 3.41. The third-order valence-corrected chi connectivity index (χ3v) is 3.78. The largest absolute Gasteiger partial charge is 0.485 e. The van der Waals surface area contributed by atoms with E-state index in [4.69, 9.17) is 22.1 Å². The lowest BCUT2D eigenvalue weighted by molar-refractivity contribution is -0.154. The van der Waals surface area contributed by atoms with Gasteiger partial charge in [0.25, 0.3) is 0 Å². The number of likely N-dealkylation sites (tertiary alicyclic amines) is 1. The molecule has 1 saturated heterocycles. The van der Waals surface area contributed by atoms with Gasteiger partial charge in [-0.3, -0.25) is 4.79 Å². The number of nitrogens with zero attached hydrogens (tertiary/aromatic N) is 1. The number of carbonyl (C=O) groups excluding carboxylic acids is 1. The Balaban J connectivity index is 2.79. The fourth-order valence-electron chi connectivity index (χ4n) is 1.60. The zero-order valence-corrected chi connectivity index (χ0v) is 11.3. The highest BCUT2D eigenvalue weighted by Crippen LogP contribution is 2.32. The topological polar surface area (TPSA) is 66.8 Å². The van der Waals surface area contributed by atoms with Gasteiger partial charge < -0.3 is 14.7 Å². The van der Waals surface area contributed by atoms with Crippen molar-refractivity contribution < 1.29 is 19.4 Å². The zero-order chi connectivity index (χ0) is 13.0. The third-order valence-electron chi connectivity index (χ3n) is 2.33. The number of hydrogen-bond donors (Lipinski definition) is 1. The van der Waals surface area contributed by atoms with Crippen LogP contribution in [0, 0.1) is 0 Å². The maximum Gasteiger partial charge on any atom is 0.335 e. The van der Waals surface area contributed by atoms with E-state index in [1.54, 1.807) is 6.92 Å². The van der Waals surface area contributed by atoms with Gasteiger partial charge in [-0.05, 0) is 24.9 Å². The summed E-state index contributed by atoms with van der Waals surface area (Å²) >= 11 is 6.45. The molecule has 7 heteroatoms. The molecule has 0 aromatic rings. The van der Waals surface area contributed by atoms with Crippen molar-refractivity contribution in [3.63, 3.8) is 0 Å². The van der Waals surface area contributed by atoms with Gasteiger partial charge in [0.2, 0.25) is 5.91 Å². The first-order valence-electron chi connectivity index (χ1n) is 5.35. The lowest BCUT2D eigenvalue weighted by Gasteiger charge is -2.42. The fourth-order valence-corrected chi connectivity index (χ4v) is 2.98. The van der Waals surface area contributed by atoms with Crippen LogP contribution in [0.25, 0.3) is 0 Å². The molecular weight excluding hydrogens is 262 g/mol. The molecule has 17 heavy (non-hydrogen) atoms. The maximum atomic E-state index is 11.5. The minimum Gasteiger partial charge on any atom is -0.485 e. The molecule has 0 aromatic carbocycles. The molecule has 1 aliphatic heterocycles. The number of thioether (sulfide) groups is 1. The first-order chi connectivity index (χ1) is 8.02. The van der Waals surface area contributed by atoms with E-state index < -0.39 is 12.0 Å². The summed E-state index contributed by atoms with van der Waals surface area (Å²) < 4.78 is 5.04. The van der Waals surface area contributed by atoms with Crippen LogP contribution in [0.3, 0.4) is 0 Å². The van der Waals surface area contributed by atoms with Gasteiger partial charge in [0.15, 0.2) is 11.1 Å². The van der Waals surface area contributed by atoms with Crippen LogP contribution in [0.2, 0.25) is 0 Å². The minimum absolute atomic E-state index is 0.0465. The van der Waals surface area contributed by atoms with Crippen molar-refractivity contribution in [2.75, 3.05) is 12.4 Å². The summed E-state index contributed by atoms with van der Waals surface area (Å²) in [6.07, 6.45) is 0.372. The number of rotatable bonds is 6. The molecule has 1 N–H and O–H groups in total. The molecule has 0 bridgehead atoms. The van der Waals surface area contributed by atoms with Crippen molar-refractivity contribution in [1.82, 2.24) is 4.90 Å². The van der Waals surface area contributed by atoms with Crippen LogP contribution < -0.4 is 0 Å². The number of carbonyl (C=O) groups is 2. The van der Waals surface area contributed by atoms with Crippen molar-refractivity contribution in [3.8, 4) is 0 Å². The normalized spacial score (nSPS) is 20.7. The predicted molar refractivity (Wildman–Crippen MR) is 69.0 cm³/mol. The van der Waals surface area contributed by atoms with Gasteiger partial charge in [-0.25, -0.2) is 4.79 Å². The van der Waals surface area contributed by atoms with Crippen molar-refractivity contribution in [1.29, 1.82) is 0 Å². The number of aliphatic carboxylic acids is 1. The van der Waals surface area contributed by atoms with E-state index in [-0.39, 0.29) is 16.3 Å². The molecule has 2 unspecified atom stereocenters. The average molecular weight is 277 g/mol. The van der Waals surface area contributed by atoms with Gasteiger partial charge in [-0.15, -0.1) is 11.8 Å². The molecule has 0 aromatic heterocycles. The molecule has 2 atom stereocenters. The van der Waals surface area contributed by atoms with Gasteiger partial charge in [-0.2, -0.15) is 0 Å². The Kier molecular flexibility index (Phi) is 5.20. The summed E-state index contributed by atoms with van der Waals surface area (Å²) in [6, 6.07) is -1.14. The van der Waals surface area contributed by atoms with E-state index in [2.05, 4.69) is 0 Å². The lowest BCUT2D eigenvalue weighted by atomic mass is 10.1. The van der Waals surface area contributed by atoms with Gasteiger partial charge >= 0.3 is 5.97 Å². The van der Waals surface area contributed by atoms with Crippen molar-refractivity contribution >= 4 is 40.9 Å². The second-order valence-corrected chi connectivity index (χ2v) is 5.27. The van der Waals surface area contributed by atoms with E-state index in [9.17, 15) is 9.59 Å². The molecule has 1 amide bonds. The highest BCUT2D eigenvalue weighted by atomic mass is 32.2. The lowest BCUT2D eigenvalue weighted by Crippen LogP contribution is -2.61. The molecule has 1 fully saturated rings. The minimum atomic E-state index is -1.14. The van der Waals surface area contributed by atoms with Crippen LogP contribution in [0.4, 0.5) is 0 Å². The molecule has 0 radical (unpaired) electrons. The van der Waals surface area contributed by atoms with Crippen LogP contribution in [-0.4, -0.2) is 50.7 Å². The van der Waals surface area contributed by atoms with E-state index >= 15 is 0 Å². The van der Waals surface area contributed by atoms with Crippen LogP contribution >= 0.6 is 24.0 Å². The molecule has 1 heterocycles. The standard InChI is InChI=1S/C10H15NO4S2/c1-3-15-10(16)8(9(13)14)11-6(12)5-7(11)17-4-2/h7-8H,3-5H2,1-2H3,(H,13,14). The Labute approximate surface area is 109 Å². The predicted octanol–water partition coefficient (Wildman–Crippen LogP) is 1.11. The first kappa shape index (κ1) is 14.2. The Morgan fingerprint density at radius 1 is 1.71 bits per heavy atom. The quantitative estimate of drug-likeness (QED) is 0.579. The molecule has 1 rings (SSSR count). The molecule has 0 aliphatic carbocycles. The van der Waals surface area contributed by atoms with E-state index in [1.165, 1.54) is 16.7 Å². The Morgan fingerprint density at radius 2 is 2.35 bits per heavy atom. The van der Waals surface area contributed by atoms with Gasteiger partial charge in [0.05, 0.1) is 18.4 Å². The van der Waals surface area contributed by atoms with Crippen molar-refractivity contribution in [2.24, 2.45) is 0 Å². The Hall–Kier alpha value is -0.820. The number of carboxylic acid groups (broad SMARTS) is 1. The van der Waals surface area contributed by atoms with Crippen LogP contribution in [0.1, 0.15) is 20.3 Å². The highest BCUT2D eigenvalue weighted by Gasteiger charge is 2.46. The number of amides is 1. The Bertz CT molecular complexity index is 334. The van der Waals surface area contributed by atoms with Crippen LogP contribution in [0.5, 0.6) is 0 Å². The summed E-state index contributed by atoms with van der Waals surface area (Å²) in [4.78, 5) is 24.0. The third kappa shape index (κ3) is 3.10. The van der Waals surface area contributed by atoms with Crippen molar-refractivity contribution in [2.45, 2.75) is 31.7 Å².